The number of aliphatic hydroxyl groups is 1. The summed E-state index contributed by atoms with van der Waals surface area (Å²) in [7, 11) is -3.40. The second-order valence-corrected chi connectivity index (χ2v) is 8.46. The summed E-state index contributed by atoms with van der Waals surface area (Å²) < 4.78 is 25.8. The molecule has 3 atom stereocenters. The Labute approximate surface area is 131 Å². The number of hydrogen-bond donors (Lipinski definition) is 3. The molecule has 124 valence electrons. The van der Waals surface area contributed by atoms with Gasteiger partial charge in [0.15, 0.2) is 0 Å². The van der Waals surface area contributed by atoms with Gasteiger partial charge in [-0.15, -0.1) is 0 Å². The lowest BCUT2D eigenvalue weighted by Crippen LogP contribution is -2.48. The molecule has 0 aromatic rings. The van der Waals surface area contributed by atoms with Crippen LogP contribution < -0.4 is 10.0 Å². The maximum atomic E-state index is 12.2. The fraction of sp³-hybridized carbons (Fsp3) is 0.923. The molecule has 6 nitrogen and oxygen atoms in total. The van der Waals surface area contributed by atoms with E-state index in [0.29, 0.717) is 25.1 Å². The molecule has 3 N–H and O–H groups in total. The van der Waals surface area contributed by atoms with Crippen molar-refractivity contribution in [3.63, 3.8) is 0 Å². The predicted molar refractivity (Wildman–Crippen MR) is 85.7 cm³/mol. The van der Waals surface area contributed by atoms with Crippen LogP contribution in [0.5, 0.6) is 0 Å². The topological polar surface area (TPSA) is 95.5 Å². The Hall–Kier alpha value is -0.310. The maximum Gasteiger partial charge on any atom is 0.238 e. The quantitative estimate of drug-likeness (QED) is 0.563. The molecule has 0 aromatic heterocycles. The van der Waals surface area contributed by atoms with Gasteiger partial charge in [-0.05, 0) is 50.5 Å². The fourth-order valence-electron chi connectivity index (χ4n) is 2.38. The third kappa shape index (κ3) is 6.99. The van der Waals surface area contributed by atoms with Gasteiger partial charge in [0, 0.05) is 6.54 Å². The van der Waals surface area contributed by atoms with Gasteiger partial charge < -0.3 is 10.4 Å². The summed E-state index contributed by atoms with van der Waals surface area (Å²) >= 11 is 1.58. The molecule has 1 aliphatic carbocycles. The van der Waals surface area contributed by atoms with Gasteiger partial charge >= 0.3 is 0 Å². The predicted octanol–water partition coefficient (Wildman–Crippen LogP) is 0.325. The van der Waals surface area contributed by atoms with Crippen LogP contribution in [0.15, 0.2) is 0 Å². The number of rotatable bonds is 9. The molecule has 3 unspecified atom stereocenters. The summed E-state index contributed by atoms with van der Waals surface area (Å²) in [6.45, 7) is 2.05. The number of carbonyl (C=O) groups is 1. The second kappa shape index (κ2) is 8.97. The van der Waals surface area contributed by atoms with Crippen LogP contribution in [0.4, 0.5) is 0 Å². The zero-order chi connectivity index (χ0) is 15.9. The molecule has 0 spiro atoms. The van der Waals surface area contributed by atoms with E-state index in [1.807, 2.05) is 6.26 Å². The molecule has 0 radical (unpaired) electrons. The van der Waals surface area contributed by atoms with Crippen LogP contribution in [0, 0.1) is 5.92 Å². The van der Waals surface area contributed by atoms with Gasteiger partial charge in [0.25, 0.3) is 0 Å². The van der Waals surface area contributed by atoms with Gasteiger partial charge in [-0.3, -0.25) is 4.79 Å². The molecular formula is C13H26N2O4S2. The van der Waals surface area contributed by atoms with E-state index in [1.54, 1.807) is 18.7 Å². The normalized spacial score (nSPS) is 24.0. The number of sulfonamides is 1. The van der Waals surface area contributed by atoms with Gasteiger partial charge in [-0.25, -0.2) is 13.1 Å². The number of aliphatic hydroxyl groups excluding tert-OH is 1. The van der Waals surface area contributed by atoms with E-state index in [0.717, 1.165) is 12.8 Å². The highest BCUT2D eigenvalue weighted by atomic mass is 32.2. The second-order valence-electron chi connectivity index (χ2n) is 5.43. The van der Waals surface area contributed by atoms with Crippen molar-refractivity contribution in [1.29, 1.82) is 0 Å². The zero-order valence-corrected chi connectivity index (χ0v) is 14.3. The summed E-state index contributed by atoms with van der Waals surface area (Å²) in [4.78, 5) is 12.2. The molecule has 1 saturated carbocycles. The highest BCUT2D eigenvalue weighted by Crippen LogP contribution is 2.24. The third-order valence-electron chi connectivity index (χ3n) is 3.71. The molecular weight excluding hydrogens is 312 g/mol. The largest absolute Gasteiger partial charge is 0.393 e. The highest BCUT2D eigenvalue weighted by Gasteiger charge is 2.26. The summed E-state index contributed by atoms with van der Waals surface area (Å²) in [5.74, 6) is 0.688. The van der Waals surface area contributed by atoms with Crippen LogP contribution in [0.25, 0.3) is 0 Å². The zero-order valence-electron chi connectivity index (χ0n) is 12.7. The van der Waals surface area contributed by atoms with Crippen LogP contribution in [-0.4, -0.2) is 55.9 Å². The standard InChI is InChI=1S/C13H26N2O4S2/c1-3-21(18,19)15-12(6-7-20-2)13(17)14-9-10-4-5-11(16)8-10/h10-12,15-16H,3-9H2,1-2H3,(H,14,17). The lowest BCUT2D eigenvalue weighted by atomic mass is 10.1. The van der Waals surface area contributed by atoms with E-state index in [-0.39, 0.29) is 23.7 Å². The van der Waals surface area contributed by atoms with Crippen molar-refractivity contribution in [3.8, 4) is 0 Å². The summed E-state index contributed by atoms with van der Waals surface area (Å²) in [6, 6.07) is -0.714. The van der Waals surface area contributed by atoms with Crippen molar-refractivity contribution in [1.82, 2.24) is 10.0 Å². The Morgan fingerprint density at radius 3 is 2.67 bits per heavy atom. The Morgan fingerprint density at radius 2 is 2.14 bits per heavy atom. The Bertz CT molecular complexity index is 428. The average Bonchev–Trinajstić information content (AvgIpc) is 2.86. The minimum atomic E-state index is -3.40. The van der Waals surface area contributed by atoms with Gasteiger partial charge in [0.1, 0.15) is 6.04 Å². The summed E-state index contributed by atoms with van der Waals surface area (Å²) in [5.41, 5.74) is 0. The van der Waals surface area contributed by atoms with Gasteiger partial charge in [-0.2, -0.15) is 11.8 Å². The molecule has 0 aliphatic heterocycles. The first kappa shape index (κ1) is 18.7. The number of amides is 1. The molecule has 0 saturated heterocycles. The number of hydrogen-bond acceptors (Lipinski definition) is 5. The molecule has 1 amide bonds. The first-order valence-corrected chi connectivity index (χ1v) is 10.4. The van der Waals surface area contributed by atoms with Crippen LogP contribution in [0.3, 0.4) is 0 Å². The van der Waals surface area contributed by atoms with Gasteiger partial charge in [0.2, 0.25) is 15.9 Å². The van der Waals surface area contributed by atoms with Crippen LogP contribution in [-0.2, 0) is 14.8 Å². The molecule has 1 aliphatic rings. The van der Waals surface area contributed by atoms with Crippen LogP contribution in [0.1, 0.15) is 32.6 Å². The number of nitrogens with one attached hydrogen (secondary N) is 2. The first-order valence-electron chi connectivity index (χ1n) is 7.32. The first-order chi connectivity index (χ1) is 9.88. The number of thioether (sulfide) groups is 1. The molecule has 0 bridgehead atoms. The van der Waals surface area contributed by atoms with Crippen LogP contribution in [0.2, 0.25) is 0 Å². The monoisotopic (exact) mass is 338 g/mol. The molecule has 8 heteroatoms. The number of carbonyl (C=O) groups excluding carboxylic acids is 1. The Balaban J connectivity index is 2.50. The molecule has 0 heterocycles. The van der Waals surface area contributed by atoms with E-state index in [9.17, 15) is 18.3 Å². The minimum absolute atomic E-state index is 0.0368. The maximum absolute atomic E-state index is 12.2. The lowest BCUT2D eigenvalue weighted by molar-refractivity contribution is -0.122. The van der Waals surface area contributed by atoms with E-state index in [1.165, 1.54) is 0 Å². The van der Waals surface area contributed by atoms with E-state index >= 15 is 0 Å². The van der Waals surface area contributed by atoms with Crippen molar-refractivity contribution >= 4 is 27.7 Å². The molecule has 21 heavy (non-hydrogen) atoms. The molecule has 1 fully saturated rings. The summed E-state index contributed by atoms with van der Waals surface area (Å²) in [5, 5.41) is 12.3. The average molecular weight is 338 g/mol. The SMILES string of the molecule is CCS(=O)(=O)NC(CCSC)C(=O)NCC1CCC(O)C1. The molecule has 0 aromatic carbocycles. The van der Waals surface area contributed by atoms with Crippen molar-refractivity contribution in [2.45, 2.75) is 44.8 Å². The third-order valence-corrected chi connectivity index (χ3v) is 5.76. The van der Waals surface area contributed by atoms with Gasteiger partial charge in [-0.1, -0.05) is 0 Å². The van der Waals surface area contributed by atoms with E-state index < -0.39 is 16.1 Å². The van der Waals surface area contributed by atoms with E-state index in [2.05, 4.69) is 10.0 Å². The van der Waals surface area contributed by atoms with Crippen molar-refractivity contribution in [2.24, 2.45) is 5.92 Å². The van der Waals surface area contributed by atoms with Crippen molar-refractivity contribution in [3.05, 3.63) is 0 Å². The van der Waals surface area contributed by atoms with Gasteiger partial charge in [0.05, 0.1) is 11.9 Å². The fourth-order valence-corrected chi connectivity index (χ4v) is 3.68. The summed E-state index contributed by atoms with van der Waals surface area (Å²) in [6.07, 6.45) is 4.51. The van der Waals surface area contributed by atoms with Crippen molar-refractivity contribution < 1.29 is 18.3 Å². The highest BCUT2D eigenvalue weighted by molar-refractivity contribution is 7.98. The van der Waals surface area contributed by atoms with E-state index in [4.69, 9.17) is 0 Å². The minimum Gasteiger partial charge on any atom is -0.393 e. The Kier molecular flexibility index (Phi) is 8.00. The van der Waals surface area contributed by atoms with Crippen molar-refractivity contribution in [2.75, 3.05) is 24.3 Å². The lowest BCUT2D eigenvalue weighted by Gasteiger charge is -2.19. The smallest absolute Gasteiger partial charge is 0.238 e. The van der Waals surface area contributed by atoms with Crippen LogP contribution >= 0.6 is 11.8 Å². The Morgan fingerprint density at radius 1 is 1.43 bits per heavy atom. The molecule has 1 rings (SSSR count).